The first-order valence-electron chi connectivity index (χ1n) is 30.1. The van der Waals surface area contributed by atoms with Crippen LogP contribution in [-0.4, -0.2) is 38.1 Å². The minimum atomic E-state index is -1.97. The molecule has 84 heavy (non-hydrogen) atoms. The molecule has 25 aromatic carbocycles. The number of carbonyl (C=O) groups is 4. The van der Waals surface area contributed by atoms with Crippen molar-refractivity contribution in [2.45, 2.75) is 34.9 Å². The Hall–Kier alpha value is -10.2. The monoisotopic (exact) mass is 1050 g/mol. The van der Waals surface area contributed by atoms with Crippen LogP contribution in [0.5, 0.6) is 0 Å². The summed E-state index contributed by atoms with van der Waals surface area (Å²) in [5.41, 5.74) is 2.55. The maximum atomic E-state index is 17.5. The van der Waals surface area contributed by atoms with Crippen LogP contribution in [0.4, 0.5) is 0 Å². The van der Waals surface area contributed by atoms with Crippen molar-refractivity contribution in [3.05, 3.63) is 79.9 Å². The highest BCUT2D eigenvalue weighted by Gasteiger charge is 3.08. The number of methoxy groups -OCH3 is 2. The van der Waals surface area contributed by atoms with E-state index in [0.29, 0.717) is 0 Å². The summed E-state index contributed by atoms with van der Waals surface area (Å²) in [5, 5.41) is 60.7. The number of rotatable bonds is 2. The number of carbonyl (C=O) groups excluding carboxylic acids is 4. The summed E-state index contributed by atoms with van der Waals surface area (Å²) in [6.07, 6.45) is 0. The Balaban J connectivity index is 1.05. The van der Waals surface area contributed by atoms with Crippen molar-refractivity contribution in [2.24, 2.45) is 10.8 Å². The molecule has 2 fully saturated rings. The maximum Gasteiger partial charge on any atom is 0.326 e. The predicted octanol–water partition coefficient (Wildman–Crippen LogP) is 14.9. The largest absolute Gasteiger partial charge is 0.468 e. The zero-order valence-corrected chi connectivity index (χ0v) is 43.0. The smallest absolute Gasteiger partial charge is 0.326 e. The number of hydrogen-bond donors (Lipinski definition) is 0. The number of hydrogen-bond acceptors (Lipinski definition) is 8. The van der Waals surface area contributed by atoms with Crippen molar-refractivity contribution in [2.75, 3.05) is 14.2 Å². The molecule has 2 aliphatic heterocycles. The molecule has 0 radical (unpaired) electrons. The Morgan fingerprint density at radius 1 is 0.298 bits per heavy atom. The van der Waals surface area contributed by atoms with Gasteiger partial charge in [-0.3, -0.25) is 19.2 Å². The third-order valence-electron chi connectivity index (χ3n) is 29.6. The second-order valence-electron chi connectivity index (χ2n) is 29.5. The van der Waals surface area contributed by atoms with E-state index in [-0.39, 0.29) is 13.2 Å². The molecule has 10 aliphatic carbocycles. The van der Waals surface area contributed by atoms with Crippen LogP contribution in [0.1, 0.15) is 55.6 Å². The standard InChI is InChI=1S/C76H14O8/c1-81-67(77)75-69(79)83-7-9-3-5-10(6-4-9)8-84-70(80)76(68(78)82-2)72-60-48-40-32-24-16-11-12-14-17-21-15(12)23-19-13(11)18-22(16)34(40)42-36-25(18)29-27(19)37-31(23)39-33(21)41-35-26(17)30-28(20(14)24)38(32)52(60)54-44(30)45(35)55-58(64(54)72)65-66-57-56(62(50(42)48)74(66,72)76)46(36)43(29)53-51(37)59-47(39)49(41)61(55)73(65,75)71(59,75)63(53)57/h3-6H,7-8H2,1-2H3. The maximum absolute atomic E-state index is 17.5. The van der Waals surface area contributed by atoms with Crippen molar-refractivity contribution < 1.29 is 38.1 Å². The topological polar surface area (TPSA) is 105 Å². The summed E-state index contributed by atoms with van der Waals surface area (Å²) in [4.78, 5) is 69.2. The van der Waals surface area contributed by atoms with Gasteiger partial charge in [0.1, 0.15) is 13.2 Å². The second kappa shape index (κ2) is 7.63. The van der Waals surface area contributed by atoms with E-state index >= 15 is 19.2 Å². The van der Waals surface area contributed by atoms with Crippen LogP contribution in [0.25, 0.3) is 259 Å². The molecular formula is C76H14O8. The van der Waals surface area contributed by atoms with Crippen molar-refractivity contribution in [3.8, 4) is 0 Å². The molecule has 6 atom stereocenters. The lowest BCUT2D eigenvalue weighted by Gasteiger charge is -2.39. The van der Waals surface area contributed by atoms with E-state index in [0.717, 1.165) is 88.3 Å². The van der Waals surface area contributed by atoms with Crippen molar-refractivity contribution in [3.63, 3.8) is 0 Å². The fourth-order valence-corrected chi connectivity index (χ4v) is 29.6. The predicted molar refractivity (Wildman–Crippen MR) is 322 cm³/mol. The normalized spacial score (nSPS) is 29.5. The van der Waals surface area contributed by atoms with Crippen molar-refractivity contribution >= 4 is 283 Å². The highest BCUT2D eigenvalue weighted by Crippen LogP contribution is 3.04. The van der Waals surface area contributed by atoms with Gasteiger partial charge in [-0.05, 0) is 315 Å². The molecule has 12 aliphatic rings. The van der Waals surface area contributed by atoms with E-state index in [2.05, 4.69) is 0 Å². The number of fused-ring (bicyclic) bond motifs is 6. The zero-order valence-electron chi connectivity index (χ0n) is 43.0. The molecule has 4 spiro atoms. The highest BCUT2D eigenvalue weighted by atomic mass is 16.6. The van der Waals surface area contributed by atoms with Gasteiger partial charge in [0.05, 0.1) is 35.9 Å². The van der Waals surface area contributed by atoms with Crippen molar-refractivity contribution in [1.29, 1.82) is 0 Å². The molecule has 8 nitrogen and oxygen atoms in total. The number of allylic oxidation sites excluding steroid dienone is 2. The lowest BCUT2D eigenvalue weighted by molar-refractivity contribution is -0.167. The first kappa shape index (κ1) is 33.7. The molecule has 0 amide bonds. The number of esters is 4. The Morgan fingerprint density at radius 2 is 0.500 bits per heavy atom. The number of ether oxygens (including phenoxy) is 4. The van der Waals surface area contributed by atoms with Gasteiger partial charge >= 0.3 is 23.9 Å². The van der Waals surface area contributed by atoms with Crippen LogP contribution in [0, 0.1) is 10.8 Å². The quantitative estimate of drug-likeness (QED) is 0.0730. The minimum Gasteiger partial charge on any atom is -0.468 e. The fraction of sp³-hybridized carbons (Fsp3) is 0.132. The Bertz CT molecular complexity index is 7700. The average molecular weight is 1050 g/mol. The summed E-state index contributed by atoms with van der Waals surface area (Å²) in [6.45, 7) is -0.127. The molecule has 25 aromatic rings. The van der Waals surface area contributed by atoms with Crippen LogP contribution in [0.3, 0.4) is 0 Å². The van der Waals surface area contributed by atoms with Gasteiger partial charge in [0.2, 0.25) is 0 Å². The molecule has 0 N–H and O–H groups in total. The molecule has 2 saturated carbocycles. The van der Waals surface area contributed by atoms with Gasteiger partial charge in [0.25, 0.3) is 0 Å². The van der Waals surface area contributed by atoms with Gasteiger partial charge in [-0.2, -0.15) is 0 Å². The third kappa shape index (κ3) is 1.73. The molecule has 0 aromatic heterocycles. The fourth-order valence-electron chi connectivity index (χ4n) is 29.6. The van der Waals surface area contributed by atoms with Gasteiger partial charge in [-0.1, -0.05) is 24.3 Å². The van der Waals surface area contributed by atoms with Gasteiger partial charge in [-0.25, -0.2) is 0 Å². The molecule has 0 saturated heterocycles. The van der Waals surface area contributed by atoms with Crippen LogP contribution in [-0.2, 0) is 73.0 Å². The lowest BCUT2D eigenvalue weighted by atomic mass is 9.60. The molecular weight excluding hydrogens is 1040 g/mol. The summed E-state index contributed by atoms with van der Waals surface area (Å²) in [7, 11) is 2.97. The van der Waals surface area contributed by atoms with E-state index in [1.807, 2.05) is 24.3 Å². The van der Waals surface area contributed by atoms with Gasteiger partial charge in [0, 0.05) is 0 Å². The molecule has 366 valence electrons. The van der Waals surface area contributed by atoms with Crippen LogP contribution >= 0.6 is 0 Å². The van der Waals surface area contributed by atoms with Gasteiger partial charge in [0.15, 0.2) is 10.8 Å². The first-order chi connectivity index (χ1) is 41.4. The van der Waals surface area contributed by atoms with E-state index < -0.39 is 56.4 Å². The Morgan fingerprint density at radius 3 is 0.738 bits per heavy atom. The van der Waals surface area contributed by atoms with Crippen LogP contribution < -0.4 is 0 Å². The molecule has 6 bridgehead atoms. The first-order valence-corrected chi connectivity index (χ1v) is 30.1. The number of benzene rings is 17. The SMILES string of the molecule is COC(=O)C12C(=O)OCc3ccc(cc3)COC(=O)C3(C(=O)OC)C45C6=C7c8c9c%10c%11c(c%12c%13c4c4c6c6c%14c%15c%16c%17c%18c(c8c8c%10c%10c%19c%11c%11c%12c%12c%13c%13c4c%14c4c%14c%15c%15c%17c%17c%18c8c%10c8c%17c%10c%15c%14c%14c(c%134)c%12c4c%11c%19c8c%10c4%14)C71C6%162)C935. The van der Waals surface area contributed by atoms with Crippen LogP contribution in [0.15, 0.2) is 24.3 Å². The van der Waals surface area contributed by atoms with E-state index in [9.17, 15) is 0 Å². The molecule has 6 unspecified atom stereocenters. The average Bonchev–Trinajstić information content (AvgIpc) is 1.34. The Labute approximate surface area is 458 Å². The van der Waals surface area contributed by atoms with Crippen LogP contribution in [0.2, 0.25) is 0 Å². The van der Waals surface area contributed by atoms with Gasteiger partial charge < -0.3 is 18.9 Å². The van der Waals surface area contributed by atoms with E-state index in [1.165, 1.54) is 240 Å². The zero-order chi connectivity index (χ0) is 51.9. The summed E-state index contributed by atoms with van der Waals surface area (Å²) < 4.78 is 27.1. The lowest BCUT2D eigenvalue weighted by Crippen LogP contribution is -2.38. The van der Waals surface area contributed by atoms with E-state index in [1.54, 1.807) is 0 Å². The second-order valence-corrected chi connectivity index (χ2v) is 29.5. The molecule has 2 heterocycles. The van der Waals surface area contributed by atoms with Crippen molar-refractivity contribution in [1.82, 2.24) is 0 Å². The molecule has 37 rings (SSSR count). The molecule has 8 heteroatoms. The third-order valence-corrected chi connectivity index (χ3v) is 29.6. The summed E-state index contributed by atoms with van der Waals surface area (Å²) in [5.74, 6) is -2.29. The summed E-state index contributed by atoms with van der Waals surface area (Å²) >= 11 is 0. The van der Waals surface area contributed by atoms with E-state index in [4.69, 9.17) is 18.9 Å². The van der Waals surface area contributed by atoms with Gasteiger partial charge in [-0.15, -0.1) is 0 Å². The Kier molecular flexibility index (Phi) is 3.06. The minimum absolute atomic E-state index is 0.0636. The summed E-state index contributed by atoms with van der Waals surface area (Å²) in [6, 6.07) is 7.70. The highest BCUT2D eigenvalue weighted by molar-refractivity contribution is 6.80.